The second-order valence-corrected chi connectivity index (χ2v) is 5.68. The van der Waals surface area contributed by atoms with Crippen LogP contribution in [0.25, 0.3) is 0 Å². The van der Waals surface area contributed by atoms with E-state index in [4.69, 9.17) is 0 Å². The van der Waals surface area contributed by atoms with Crippen LogP contribution in [0, 0.1) is 0 Å². The molecule has 0 bridgehead atoms. The maximum Gasteiger partial charge on any atom is 0.0945 e. The predicted octanol–water partition coefficient (Wildman–Crippen LogP) is 5.00. The van der Waals surface area contributed by atoms with Crippen molar-refractivity contribution in [2.75, 3.05) is 0 Å². The summed E-state index contributed by atoms with van der Waals surface area (Å²) < 4.78 is 0. The van der Waals surface area contributed by atoms with Gasteiger partial charge in [0.15, 0.2) is 0 Å². The number of hydrogen-bond donors (Lipinski definition) is 0. The minimum atomic E-state index is 0. The average molecular weight is 374 g/mol. The molecule has 3 aromatic carbocycles. The molecular formula is C22H22FeO2-6. The molecule has 3 rings (SSSR count). The molecule has 0 aliphatic rings. The molecule has 0 atom stereocenters. The van der Waals surface area contributed by atoms with Crippen molar-refractivity contribution >= 4 is 11.6 Å². The third-order valence-electron chi connectivity index (χ3n) is 3.82. The van der Waals surface area contributed by atoms with Gasteiger partial charge in [-0.15, -0.1) is 5.56 Å². The molecule has 3 aromatic rings. The normalized spacial score (nSPS) is 9.52. The molecule has 3 heteroatoms. The van der Waals surface area contributed by atoms with E-state index in [9.17, 15) is 9.59 Å². The van der Waals surface area contributed by atoms with Crippen LogP contribution < -0.4 is 0 Å². The molecule has 0 saturated heterocycles. The van der Waals surface area contributed by atoms with Gasteiger partial charge in [0.1, 0.15) is 0 Å². The smallest absolute Gasteiger partial charge is 0.0945 e. The van der Waals surface area contributed by atoms with E-state index in [0.717, 1.165) is 23.1 Å². The van der Waals surface area contributed by atoms with Crippen LogP contribution in [0.5, 0.6) is 0 Å². The number of rotatable bonds is 5. The van der Waals surface area contributed by atoms with Gasteiger partial charge in [-0.3, -0.25) is 5.78 Å². The molecule has 0 unspecified atom stereocenters. The van der Waals surface area contributed by atoms with Gasteiger partial charge in [-0.1, -0.05) is 55.7 Å². The zero-order valence-electron chi connectivity index (χ0n) is 14.5. The standard InChI is InChI=1S/C13H11O.C9H11O.Fe/c14-13(12-8-4-5-9-12)10-11-6-2-1-3-7-11;1-3-8-4-5-9(6-8)7(2)10;/h1-9H,10H2;4-6H,3H2,1-2H3;/q-5;-1;. The molecule has 0 heterocycles. The SMILES string of the molecule is CC[c-]1ccc(C(C)=O)c1.O=C(Cc1ccccc1)[c-]1[cH-][cH-][cH-][cH-]1.[Fe]. The summed E-state index contributed by atoms with van der Waals surface area (Å²) in [6.45, 7) is 3.67. The first kappa shape index (κ1) is 20.8. The van der Waals surface area contributed by atoms with Crippen LogP contribution in [0.3, 0.4) is 0 Å². The second-order valence-electron chi connectivity index (χ2n) is 5.68. The predicted molar refractivity (Wildman–Crippen MR) is 97.9 cm³/mol. The fraction of sp³-hybridized carbons (Fsp3) is 0.182. The summed E-state index contributed by atoms with van der Waals surface area (Å²) in [6, 6.07) is 23.1. The van der Waals surface area contributed by atoms with Gasteiger partial charge in [-0.25, -0.2) is 6.07 Å². The third kappa shape index (κ3) is 6.66. The number of aryl methyl sites for hydroxylation is 1. The molecule has 0 aromatic heterocycles. The number of carbonyl (C=O) groups excluding carboxylic acids is 2. The molecule has 0 aliphatic heterocycles. The van der Waals surface area contributed by atoms with E-state index < -0.39 is 0 Å². The van der Waals surface area contributed by atoms with Gasteiger partial charge in [0.25, 0.3) is 0 Å². The molecule has 0 aliphatic carbocycles. The van der Waals surface area contributed by atoms with Crippen molar-refractivity contribution in [3.63, 3.8) is 0 Å². The third-order valence-corrected chi connectivity index (χ3v) is 3.82. The van der Waals surface area contributed by atoms with Crippen molar-refractivity contribution in [1.82, 2.24) is 0 Å². The fourth-order valence-corrected chi connectivity index (χ4v) is 2.37. The van der Waals surface area contributed by atoms with Gasteiger partial charge < -0.3 is 39.4 Å². The first-order valence-corrected chi connectivity index (χ1v) is 8.15. The van der Waals surface area contributed by atoms with Gasteiger partial charge in [-0.2, -0.15) is 17.7 Å². The molecule has 0 spiro atoms. The Morgan fingerprint density at radius 2 is 1.68 bits per heavy atom. The maximum atomic E-state index is 11.7. The minimum Gasteiger partial charge on any atom is -0.718 e. The van der Waals surface area contributed by atoms with E-state index in [1.165, 1.54) is 5.56 Å². The summed E-state index contributed by atoms with van der Waals surface area (Å²) >= 11 is 0. The Kier molecular flexibility index (Phi) is 8.83. The zero-order chi connectivity index (χ0) is 17.4. The molecule has 0 fully saturated rings. The zero-order valence-corrected chi connectivity index (χ0v) is 15.6. The van der Waals surface area contributed by atoms with Crippen molar-refractivity contribution in [3.05, 3.63) is 95.1 Å². The number of Topliss-reactive ketones (excluding diaryl/α,β-unsaturated/α-hetero) is 2. The first-order valence-electron chi connectivity index (χ1n) is 8.15. The van der Waals surface area contributed by atoms with Gasteiger partial charge in [-0.05, 0) is 6.92 Å². The Hall–Kier alpha value is -2.22. The first-order chi connectivity index (χ1) is 11.6. The van der Waals surface area contributed by atoms with Crippen LogP contribution in [-0.2, 0) is 29.9 Å². The van der Waals surface area contributed by atoms with Crippen LogP contribution in [0.15, 0.2) is 72.8 Å². The molecule has 25 heavy (non-hydrogen) atoms. The Labute approximate surface area is 160 Å². The number of hydrogen-bond acceptors (Lipinski definition) is 2. The summed E-state index contributed by atoms with van der Waals surface area (Å²) in [5.74, 6) is 0.334. The molecule has 0 amide bonds. The van der Waals surface area contributed by atoms with Crippen LogP contribution in [0.2, 0.25) is 0 Å². The van der Waals surface area contributed by atoms with Crippen molar-refractivity contribution in [1.29, 1.82) is 0 Å². The minimum absolute atomic E-state index is 0. The van der Waals surface area contributed by atoms with E-state index >= 15 is 0 Å². The number of carbonyl (C=O) groups is 2. The Bertz CT molecular complexity index is 767. The Morgan fingerprint density at radius 3 is 2.16 bits per heavy atom. The molecule has 0 N–H and O–H groups in total. The van der Waals surface area contributed by atoms with Crippen LogP contribution >= 0.6 is 0 Å². The Balaban J connectivity index is 0.000000254. The Morgan fingerprint density at radius 1 is 1.04 bits per heavy atom. The van der Waals surface area contributed by atoms with Crippen molar-refractivity contribution in [2.24, 2.45) is 0 Å². The van der Waals surface area contributed by atoms with Gasteiger partial charge in [0.2, 0.25) is 0 Å². The molecule has 0 radical (unpaired) electrons. The van der Waals surface area contributed by atoms with Crippen LogP contribution in [0.4, 0.5) is 0 Å². The summed E-state index contributed by atoms with van der Waals surface area (Å²) in [4.78, 5) is 22.4. The van der Waals surface area contributed by atoms with E-state index in [1.807, 2.05) is 72.8 Å². The van der Waals surface area contributed by atoms with Crippen molar-refractivity contribution in [3.8, 4) is 0 Å². The summed E-state index contributed by atoms with van der Waals surface area (Å²) in [5.41, 5.74) is 3.94. The maximum absolute atomic E-state index is 11.7. The second kappa shape index (κ2) is 10.6. The number of ketones is 2. The molecule has 0 saturated carbocycles. The molecule has 136 valence electrons. The largest absolute Gasteiger partial charge is 0.718 e. The topological polar surface area (TPSA) is 34.1 Å². The van der Waals surface area contributed by atoms with Crippen LogP contribution in [-0.4, -0.2) is 11.6 Å². The van der Waals surface area contributed by atoms with E-state index in [1.54, 1.807) is 6.92 Å². The van der Waals surface area contributed by atoms with Gasteiger partial charge in [0, 0.05) is 17.1 Å². The van der Waals surface area contributed by atoms with E-state index in [-0.39, 0.29) is 28.6 Å². The average Bonchev–Trinajstić information content (AvgIpc) is 3.28. The van der Waals surface area contributed by atoms with E-state index in [2.05, 4.69) is 6.92 Å². The summed E-state index contributed by atoms with van der Waals surface area (Å²) in [5, 5.41) is 0. The summed E-state index contributed by atoms with van der Waals surface area (Å²) in [6.07, 6.45) is 1.50. The van der Waals surface area contributed by atoms with Crippen molar-refractivity contribution < 1.29 is 26.7 Å². The van der Waals surface area contributed by atoms with Crippen LogP contribution in [0.1, 0.15) is 45.7 Å². The van der Waals surface area contributed by atoms with Crippen molar-refractivity contribution in [2.45, 2.75) is 26.7 Å². The quantitative estimate of drug-likeness (QED) is 0.358. The summed E-state index contributed by atoms with van der Waals surface area (Å²) in [7, 11) is 0. The number of benzene rings is 1. The molecule has 2 nitrogen and oxygen atoms in total. The fourth-order valence-electron chi connectivity index (χ4n) is 2.37. The monoisotopic (exact) mass is 374 g/mol. The van der Waals surface area contributed by atoms with Gasteiger partial charge >= 0.3 is 0 Å². The van der Waals surface area contributed by atoms with Gasteiger partial charge in [0.05, 0.1) is 5.78 Å². The van der Waals surface area contributed by atoms with E-state index in [0.29, 0.717) is 6.42 Å². The molecular weight excluding hydrogens is 352 g/mol.